The van der Waals surface area contributed by atoms with Crippen LogP contribution in [0.15, 0.2) is 60.8 Å². The molecule has 0 unspecified atom stereocenters. The molecule has 1 saturated heterocycles. The van der Waals surface area contributed by atoms with Gasteiger partial charge in [-0.25, -0.2) is 4.98 Å². The lowest BCUT2D eigenvalue weighted by Crippen LogP contribution is -2.44. The van der Waals surface area contributed by atoms with Crippen LogP contribution in [-0.4, -0.2) is 48.4 Å². The average molecular weight is 486 g/mol. The second-order valence-corrected chi connectivity index (χ2v) is 8.13. The third-order valence-corrected chi connectivity index (χ3v) is 5.76. The molecule has 0 aliphatic carbocycles. The molecule has 7 nitrogen and oxygen atoms in total. The molecule has 1 aliphatic rings. The first-order chi connectivity index (χ1) is 16.8. The molecule has 0 bridgehead atoms. The molecule has 1 fully saturated rings. The van der Waals surface area contributed by atoms with E-state index in [1.165, 1.54) is 12.1 Å². The van der Waals surface area contributed by atoms with E-state index in [-0.39, 0.29) is 24.8 Å². The van der Waals surface area contributed by atoms with Gasteiger partial charge in [-0.15, -0.1) is 0 Å². The summed E-state index contributed by atoms with van der Waals surface area (Å²) in [6.07, 6.45) is -3.16. The number of hydrogen-bond acceptors (Lipinski definition) is 6. The number of aromatic nitrogens is 1. The van der Waals surface area contributed by atoms with Crippen LogP contribution in [-0.2, 0) is 17.5 Å². The molecule has 0 spiro atoms. The normalized spacial score (nSPS) is 16.3. The van der Waals surface area contributed by atoms with Crippen molar-refractivity contribution in [2.45, 2.75) is 18.8 Å². The zero-order chi connectivity index (χ0) is 25.0. The summed E-state index contributed by atoms with van der Waals surface area (Å²) in [4.78, 5) is 19.1. The van der Waals surface area contributed by atoms with E-state index in [0.717, 1.165) is 28.8 Å². The molecule has 35 heavy (non-hydrogen) atoms. The zero-order valence-electron chi connectivity index (χ0n) is 18.8. The van der Waals surface area contributed by atoms with Crippen molar-refractivity contribution in [2.24, 2.45) is 5.73 Å². The Kier molecular flexibility index (Phi) is 7.34. The molecule has 1 aliphatic heterocycles. The van der Waals surface area contributed by atoms with Gasteiger partial charge in [-0.1, -0.05) is 12.1 Å². The molecule has 2 aromatic carbocycles. The van der Waals surface area contributed by atoms with Crippen molar-refractivity contribution in [1.82, 2.24) is 4.98 Å². The summed E-state index contributed by atoms with van der Waals surface area (Å²) in [5.74, 6) is 0.0620. The number of nitrogens with zero attached hydrogens (tertiary/aromatic N) is 2. The van der Waals surface area contributed by atoms with Gasteiger partial charge < -0.3 is 25.8 Å². The van der Waals surface area contributed by atoms with Gasteiger partial charge in [-0.05, 0) is 59.2 Å². The second kappa shape index (κ2) is 10.4. The van der Waals surface area contributed by atoms with Crippen molar-refractivity contribution < 1.29 is 27.8 Å². The number of carbonyl (C=O) groups excluding carboxylic acids is 1. The van der Waals surface area contributed by atoms with E-state index in [0.29, 0.717) is 31.2 Å². The van der Waals surface area contributed by atoms with Gasteiger partial charge in [0.2, 0.25) is 0 Å². The summed E-state index contributed by atoms with van der Waals surface area (Å²) < 4.78 is 44.6. The van der Waals surface area contributed by atoms with Gasteiger partial charge in [0.25, 0.3) is 5.91 Å². The summed E-state index contributed by atoms with van der Waals surface area (Å²) in [5, 5.41) is 12.1. The number of nitrogens with one attached hydrogen (secondary N) is 1. The molecule has 3 aromatic rings. The lowest BCUT2D eigenvalue weighted by molar-refractivity contribution is -0.137. The van der Waals surface area contributed by atoms with Crippen molar-refractivity contribution in [3.63, 3.8) is 0 Å². The Morgan fingerprint density at radius 2 is 2.03 bits per heavy atom. The van der Waals surface area contributed by atoms with Crippen molar-refractivity contribution in [2.75, 3.05) is 36.5 Å². The number of morpholine rings is 1. The summed E-state index contributed by atoms with van der Waals surface area (Å²) >= 11 is 0. The van der Waals surface area contributed by atoms with E-state index >= 15 is 0 Å². The number of hydrogen-bond donors (Lipinski definition) is 3. The number of amides is 1. The largest absolute Gasteiger partial charge is 0.416 e. The average Bonchev–Trinajstić information content (AvgIpc) is 2.88. The van der Waals surface area contributed by atoms with Crippen molar-refractivity contribution in [1.29, 1.82) is 0 Å². The Morgan fingerprint density at radius 3 is 2.77 bits per heavy atom. The molecular formula is C25H25F3N4O3. The summed E-state index contributed by atoms with van der Waals surface area (Å²) in [6, 6.07) is 13.2. The third-order valence-electron chi connectivity index (χ3n) is 5.76. The fraction of sp³-hybridized carbons (Fsp3) is 0.280. The molecule has 0 radical (unpaired) electrons. The number of ether oxygens (including phenoxy) is 1. The maximum atomic E-state index is 13.0. The second-order valence-electron chi connectivity index (χ2n) is 8.13. The van der Waals surface area contributed by atoms with Crippen molar-refractivity contribution >= 4 is 17.4 Å². The molecule has 1 atom stereocenters. The van der Waals surface area contributed by atoms with Crippen LogP contribution in [0.25, 0.3) is 11.1 Å². The van der Waals surface area contributed by atoms with Crippen LogP contribution in [0.2, 0.25) is 0 Å². The van der Waals surface area contributed by atoms with Gasteiger partial charge in [-0.2, -0.15) is 13.2 Å². The first-order valence-electron chi connectivity index (χ1n) is 11.0. The topological polar surface area (TPSA) is 101 Å². The van der Waals surface area contributed by atoms with Gasteiger partial charge in [0.1, 0.15) is 5.82 Å². The Morgan fingerprint density at radius 1 is 1.20 bits per heavy atom. The zero-order valence-corrected chi connectivity index (χ0v) is 18.8. The monoisotopic (exact) mass is 486 g/mol. The van der Waals surface area contributed by atoms with E-state index in [1.54, 1.807) is 24.4 Å². The molecular weight excluding hydrogens is 461 g/mol. The fourth-order valence-electron chi connectivity index (χ4n) is 3.94. The van der Waals surface area contributed by atoms with Crippen LogP contribution in [0.3, 0.4) is 0 Å². The Labute approximate surface area is 200 Å². The fourth-order valence-corrected chi connectivity index (χ4v) is 3.94. The van der Waals surface area contributed by atoms with Gasteiger partial charge in [0.05, 0.1) is 24.9 Å². The van der Waals surface area contributed by atoms with Crippen LogP contribution in [0.1, 0.15) is 21.5 Å². The van der Waals surface area contributed by atoms with E-state index in [4.69, 9.17) is 10.5 Å². The van der Waals surface area contributed by atoms with Crippen LogP contribution in [0.4, 0.5) is 24.7 Å². The standard InChI is InChI=1S/C25H25F3N4O3/c26-25(27,28)19-3-1-2-17(10-19)24(34)31-20-5-4-18(13-29)22(12-20)16-6-7-30-23(11-16)32-8-9-35-21(14-32)15-33/h1-7,10-12,21,33H,8-9,13-15,29H2,(H,31,34)/t21-/m0/s1. The first kappa shape index (κ1) is 24.6. The molecule has 4 rings (SSSR count). The highest BCUT2D eigenvalue weighted by atomic mass is 19.4. The van der Waals surface area contributed by atoms with Crippen molar-refractivity contribution in [3.05, 3.63) is 77.5 Å². The van der Waals surface area contributed by atoms with E-state index < -0.39 is 17.6 Å². The number of anilines is 2. The maximum absolute atomic E-state index is 13.0. The molecule has 0 saturated carbocycles. The van der Waals surface area contributed by atoms with E-state index in [2.05, 4.69) is 10.3 Å². The number of benzene rings is 2. The summed E-state index contributed by atoms with van der Waals surface area (Å²) in [7, 11) is 0. The molecule has 184 valence electrons. The first-order valence-corrected chi connectivity index (χ1v) is 11.0. The van der Waals surface area contributed by atoms with Gasteiger partial charge in [0.15, 0.2) is 0 Å². The van der Waals surface area contributed by atoms with E-state index in [9.17, 15) is 23.1 Å². The quantitative estimate of drug-likeness (QED) is 0.492. The highest BCUT2D eigenvalue weighted by Crippen LogP contribution is 2.31. The molecule has 1 aromatic heterocycles. The number of rotatable bonds is 6. The minimum Gasteiger partial charge on any atom is -0.394 e. The van der Waals surface area contributed by atoms with E-state index in [1.807, 2.05) is 17.0 Å². The minimum atomic E-state index is -4.54. The van der Waals surface area contributed by atoms with Gasteiger partial charge >= 0.3 is 6.18 Å². The van der Waals surface area contributed by atoms with Crippen LogP contribution < -0.4 is 16.0 Å². The highest BCUT2D eigenvalue weighted by Gasteiger charge is 2.31. The molecule has 1 amide bonds. The number of carbonyl (C=O) groups is 1. The smallest absolute Gasteiger partial charge is 0.394 e. The van der Waals surface area contributed by atoms with Crippen LogP contribution >= 0.6 is 0 Å². The molecule has 10 heteroatoms. The highest BCUT2D eigenvalue weighted by molar-refractivity contribution is 6.04. The number of alkyl halides is 3. The molecule has 4 N–H and O–H groups in total. The SMILES string of the molecule is NCc1ccc(NC(=O)c2cccc(C(F)(F)F)c2)cc1-c1ccnc(N2CCO[C@H](CO)C2)c1. The number of pyridine rings is 1. The Hall–Kier alpha value is -3.47. The number of nitrogens with two attached hydrogens (primary N) is 1. The predicted octanol–water partition coefficient (Wildman–Crippen LogP) is 3.68. The maximum Gasteiger partial charge on any atom is 0.416 e. The van der Waals surface area contributed by atoms with Gasteiger partial charge in [0, 0.05) is 37.1 Å². The van der Waals surface area contributed by atoms with Crippen molar-refractivity contribution in [3.8, 4) is 11.1 Å². The lowest BCUT2D eigenvalue weighted by Gasteiger charge is -2.33. The molecule has 2 heterocycles. The number of aliphatic hydroxyl groups is 1. The Balaban J connectivity index is 1.60. The van der Waals surface area contributed by atoms with Crippen LogP contribution in [0.5, 0.6) is 0 Å². The minimum absolute atomic E-state index is 0.0822. The third kappa shape index (κ3) is 5.79. The van der Waals surface area contributed by atoms with Gasteiger partial charge in [-0.3, -0.25) is 4.79 Å². The predicted molar refractivity (Wildman–Crippen MR) is 126 cm³/mol. The van der Waals surface area contributed by atoms with Crippen LogP contribution in [0, 0.1) is 0 Å². The summed E-state index contributed by atoms with van der Waals surface area (Å²) in [5.41, 5.74) is 7.79. The number of aliphatic hydroxyl groups excluding tert-OH is 1. The summed E-state index contributed by atoms with van der Waals surface area (Å²) in [6.45, 7) is 1.77. The Bertz CT molecular complexity index is 1200. The lowest BCUT2D eigenvalue weighted by atomic mass is 9.99. The number of halogens is 3.